The largest absolute Gasteiger partial charge is 0.417 e. The fourth-order valence-electron chi connectivity index (χ4n) is 2.48. The first kappa shape index (κ1) is 18.8. The van der Waals surface area contributed by atoms with E-state index in [0.717, 1.165) is 18.2 Å². The van der Waals surface area contributed by atoms with Crippen molar-refractivity contribution in [3.05, 3.63) is 40.4 Å². The Morgan fingerprint density at radius 2 is 2.04 bits per heavy atom. The lowest BCUT2D eigenvalue weighted by Gasteiger charge is -2.22. The van der Waals surface area contributed by atoms with Crippen LogP contribution < -0.4 is 5.32 Å². The van der Waals surface area contributed by atoms with Crippen molar-refractivity contribution in [3.63, 3.8) is 0 Å². The lowest BCUT2D eigenvalue weighted by atomic mass is 10.0. The number of benzene rings is 1. The minimum Gasteiger partial charge on any atom is -0.346 e. The summed E-state index contributed by atoms with van der Waals surface area (Å²) in [6.07, 6.45) is -2.00. The maximum atomic E-state index is 12.8. The molecule has 1 atom stereocenters. The molecule has 9 heteroatoms. The van der Waals surface area contributed by atoms with Crippen LogP contribution in [-0.4, -0.2) is 31.4 Å². The molecule has 0 spiro atoms. The Morgan fingerprint density at radius 1 is 1.38 bits per heavy atom. The van der Waals surface area contributed by atoms with E-state index in [4.69, 9.17) is 11.6 Å². The summed E-state index contributed by atoms with van der Waals surface area (Å²) in [5.74, 6) is -0.726. The number of carbonyl (C=O) groups excluding carboxylic acids is 1. The summed E-state index contributed by atoms with van der Waals surface area (Å²) < 4.78 is 61.3. The molecular weight excluding hydrogens is 367 g/mol. The zero-order chi connectivity index (χ0) is 18.2. The zero-order valence-corrected chi connectivity index (χ0v) is 14.2. The molecule has 1 aliphatic rings. The van der Waals surface area contributed by atoms with Gasteiger partial charge in [0, 0.05) is 6.08 Å². The molecule has 0 unspecified atom stereocenters. The van der Waals surface area contributed by atoms with Gasteiger partial charge in [-0.05, 0) is 37.1 Å². The van der Waals surface area contributed by atoms with Crippen LogP contribution in [0.4, 0.5) is 13.2 Å². The smallest absolute Gasteiger partial charge is 0.346 e. The summed E-state index contributed by atoms with van der Waals surface area (Å²) in [5, 5.41) is 2.16. The topological polar surface area (TPSA) is 63.2 Å². The lowest BCUT2D eigenvalue weighted by Crippen LogP contribution is -2.46. The zero-order valence-electron chi connectivity index (χ0n) is 12.7. The number of hydrogen-bond acceptors (Lipinski definition) is 3. The van der Waals surface area contributed by atoms with Gasteiger partial charge in [-0.2, -0.15) is 13.2 Å². The molecule has 1 aromatic rings. The highest BCUT2D eigenvalue weighted by molar-refractivity contribution is 7.91. The number of carbonyl (C=O) groups is 1. The van der Waals surface area contributed by atoms with Gasteiger partial charge in [0.1, 0.15) is 0 Å². The number of hydrogen-bond donors (Lipinski definition) is 1. The molecule has 132 valence electrons. The molecule has 2 rings (SSSR count). The Hall–Kier alpha value is -1.54. The number of sulfone groups is 1. The van der Waals surface area contributed by atoms with Crippen LogP contribution in [0, 0.1) is 0 Å². The number of nitrogens with one attached hydrogen (secondary N) is 1. The van der Waals surface area contributed by atoms with E-state index in [1.54, 1.807) is 6.92 Å². The summed E-state index contributed by atoms with van der Waals surface area (Å²) in [4.78, 5) is 11.9. The highest BCUT2D eigenvalue weighted by atomic mass is 35.5. The van der Waals surface area contributed by atoms with Crippen molar-refractivity contribution in [1.82, 2.24) is 5.32 Å². The molecule has 1 N–H and O–H groups in total. The van der Waals surface area contributed by atoms with Gasteiger partial charge in [-0.3, -0.25) is 4.79 Å². The van der Waals surface area contributed by atoms with Crippen molar-refractivity contribution < 1.29 is 26.4 Å². The van der Waals surface area contributed by atoms with Crippen molar-refractivity contribution in [2.75, 3.05) is 11.5 Å². The molecule has 0 saturated carbocycles. The quantitative estimate of drug-likeness (QED) is 0.818. The van der Waals surface area contributed by atoms with Crippen LogP contribution in [0.2, 0.25) is 5.02 Å². The van der Waals surface area contributed by atoms with Crippen molar-refractivity contribution in [2.45, 2.75) is 25.1 Å². The number of alkyl halides is 3. The molecular formula is C15H15ClF3NO3S. The molecule has 1 heterocycles. The Morgan fingerprint density at radius 3 is 2.58 bits per heavy atom. The average molecular weight is 382 g/mol. The first-order valence-electron chi connectivity index (χ1n) is 6.98. The van der Waals surface area contributed by atoms with Crippen LogP contribution in [0.1, 0.15) is 24.5 Å². The second-order valence-electron chi connectivity index (χ2n) is 5.96. The van der Waals surface area contributed by atoms with Gasteiger partial charge in [-0.25, -0.2) is 8.42 Å². The SMILES string of the molecule is C[C@]1(NC(=O)/C=C/c2ccc(Cl)c(C(F)(F)F)c2)CCS(=O)(=O)C1. The lowest BCUT2D eigenvalue weighted by molar-refractivity contribution is -0.137. The number of rotatable bonds is 3. The third-order valence-corrected chi connectivity index (χ3v) is 5.88. The molecule has 0 aliphatic carbocycles. The Balaban J connectivity index is 2.10. The standard InChI is InChI=1S/C15H15ClF3NO3S/c1-14(6-7-24(22,23)9-14)20-13(21)5-3-10-2-4-12(16)11(8-10)15(17,18)19/h2-5,8H,6-7,9H2,1H3,(H,20,21)/b5-3+/t14-/m0/s1. The fourth-order valence-corrected chi connectivity index (χ4v) is 4.80. The predicted molar refractivity (Wildman–Crippen MR) is 85.3 cm³/mol. The highest BCUT2D eigenvalue weighted by Crippen LogP contribution is 2.35. The predicted octanol–water partition coefficient (Wildman–Crippen LogP) is 3.07. The summed E-state index contributed by atoms with van der Waals surface area (Å²) in [6.45, 7) is 1.62. The normalized spacial score (nSPS) is 23.5. The van der Waals surface area contributed by atoms with E-state index in [0.29, 0.717) is 6.42 Å². The minimum atomic E-state index is -4.59. The van der Waals surface area contributed by atoms with Crippen LogP contribution in [0.25, 0.3) is 6.08 Å². The van der Waals surface area contributed by atoms with E-state index in [2.05, 4.69) is 5.32 Å². The summed E-state index contributed by atoms with van der Waals surface area (Å²) in [5.41, 5.74) is -1.69. The van der Waals surface area contributed by atoms with Gasteiger partial charge in [0.15, 0.2) is 9.84 Å². The van der Waals surface area contributed by atoms with E-state index < -0.39 is 38.0 Å². The van der Waals surface area contributed by atoms with Gasteiger partial charge in [0.25, 0.3) is 0 Å². The Kier molecular flexibility index (Phi) is 5.01. The van der Waals surface area contributed by atoms with Crippen molar-refractivity contribution in [2.24, 2.45) is 0 Å². The van der Waals surface area contributed by atoms with E-state index in [1.165, 1.54) is 12.1 Å². The first-order chi connectivity index (χ1) is 10.9. The van der Waals surface area contributed by atoms with Gasteiger partial charge in [-0.1, -0.05) is 17.7 Å². The van der Waals surface area contributed by atoms with Crippen LogP contribution >= 0.6 is 11.6 Å². The monoisotopic (exact) mass is 381 g/mol. The average Bonchev–Trinajstić information content (AvgIpc) is 2.70. The summed E-state index contributed by atoms with van der Waals surface area (Å²) in [7, 11) is -3.17. The molecule has 1 aromatic carbocycles. The highest BCUT2D eigenvalue weighted by Gasteiger charge is 2.39. The van der Waals surface area contributed by atoms with Gasteiger partial charge >= 0.3 is 6.18 Å². The van der Waals surface area contributed by atoms with Crippen LogP contribution in [0.15, 0.2) is 24.3 Å². The van der Waals surface area contributed by atoms with E-state index >= 15 is 0 Å². The van der Waals surface area contributed by atoms with Gasteiger partial charge in [0.05, 0.1) is 27.6 Å². The van der Waals surface area contributed by atoms with E-state index in [1.807, 2.05) is 0 Å². The van der Waals surface area contributed by atoms with Crippen molar-refractivity contribution in [1.29, 1.82) is 0 Å². The van der Waals surface area contributed by atoms with E-state index in [-0.39, 0.29) is 17.1 Å². The van der Waals surface area contributed by atoms with Crippen LogP contribution in [0.3, 0.4) is 0 Å². The molecule has 24 heavy (non-hydrogen) atoms. The molecule has 1 amide bonds. The minimum absolute atomic E-state index is 0.000376. The van der Waals surface area contributed by atoms with Crippen LogP contribution in [0.5, 0.6) is 0 Å². The molecule has 1 fully saturated rings. The van der Waals surface area contributed by atoms with E-state index in [9.17, 15) is 26.4 Å². The van der Waals surface area contributed by atoms with Crippen molar-refractivity contribution >= 4 is 33.4 Å². The number of halogens is 4. The molecule has 1 saturated heterocycles. The molecule has 1 aliphatic heterocycles. The fraction of sp³-hybridized carbons (Fsp3) is 0.400. The second kappa shape index (κ2) is 6.40. The Labute approximate surface area is 142 Å². The van der Waals surface area contributed by atoms with Crippen molar-refractivity contribution in [3.8, 4) is 0 Å². The Bertz CT molecular complexity index is 790. The third-order valence-electron chi connectivity index (χ3n) is 3.65. The van der Waals surface area contributed by atoms with Crippen LogP contribution in [-0.2, 0) is 20.8 Å². The number of amides is 1. The molecule has 0 radical (unpaired) electrons. The summed E-state index contributed by atoms with van der Waals surface area (Å²) >= 11 is 5.52. The molecule has 0 bridgehead atoms. The van der Waals surface area contributed by atoms with Gasteiger partial charge in [-0.15, -0.1) is 0 Å². The maximum absolute atomic E-state index is 12.8. The third kappa shape index (κ3) is 4.73. The van der Waals surface area contributed by atoms with Gasteiger partial charge in [0.2, 0.25) is 5.91 Å². The molecule has 4 nitrogen and oxygen atoms in total. The second-order valence-corrected chi connectivity index (χ2v) is 8.55. The first-order valence-corrected chi connectivity index (χ1v) is 9.18. The maximum Gasteiger partial charge on any atom is 0.417 e. The summed E-state index contributed by atoms with van der Waals surface area (Å²) in [6, 6.07) is 3.30. The van der Waals surface area contributed by atoms with Gasteiger partial charge < -0.3 is 5.32 Å². The molecule has 0 aromatic heterocycles.